The highest BCUT2D eigenvalue weighted by atomic mass is 79.9. The van der Waals surface area contributed by atoms with Gasteiger partial charge in [0.1, 0.15) is 6.61 Å². The van der Waals surface area contributed by atoms with Gasteiger partial charge in [0.05, 0.1) is 9.83 Å². The van der Waals surface area contributed by atoms with E-state index in [9.17, 15) is 19.2 Å². The normalized spacial score (nSPS) is 26.2. The summed E-state index contributed by atoms with van der Waals surface area (Å²) in [6.07, 6.45) is -3.24. The topological polar surface area (TPSA) is 155 Å². The van der Waals surface area contributed by atoms with E-state index < -0.39 is 52.0 Å². The zero-order valence-corrected chi connectivity index (χ0v) is 19.0. The summed E-state index contributed by atoms with van der Waals surface area (Å²) in [4.78, 5) is 45.9. The molecule has 0 spiro atoms. The van der Waals surface area contributed by atoms with Crippen LogP contribution in [0.1, 0.15) is 27.7 Å². The lowest BCUT2D eigenvalue weighted by atomic mass is 10.0. The van der Waals surface area contributed by atoms with E-state index in [1.54, 1.807) is 0 Å². The number of amidine groups is 1. The molecule has 1 fully saturated rings. The van der Waals surface area contributed by atoms with Crippen LogP contribution in [-0.4, -0.2) is 63.8 Å². The van der Waals surface area contributed by atoms with Crippen LogP contribution in [0.3, 0.4) is 0 Å². The summed E-state index contributed by atoms with van der Waals surface area (Å²) >= 11 is 2.04. The minimum atomic E-state index is -1.16. The molecule has 10 nitrogen and oxygen atoms in total. The maximum atomic E-state index is 11.6. The molecule has 1 aliphatic rings. The molecule has 0 unspecified atom stereocenters. The Morgan fingerprint density at radius 1 is 0.893 bits per heavy atom. The number of halogens is 1. The lowest BCUT2D eigenvalue weighted by Crippen LogP contribution is -2.58. The molecular formula is C15H23BrN2O8S2. The summed E-state index contributed by atoms with van der Waals surface area (Å²) in [7, 11) is 0. The van der Waals surface area contributed by atoms with E-state index in [-0.39, 0.29) is 28.8 Å². The second-order valence-corrected chi connectivity index (χ2v) is 8.42. The van der Waals surface area contributed by atoms with Gasteiger partial charge in [-0.05, 0) is 0 Å². The van der Waals surface area contributed by atoms with Crippen molar-refractivity contribution in [1.29, 1.82) is 5.41 Å². The Morgan fingerprint density at radius 3 is 1.79 bits per heavy atom. The molecule has 28 heavy (non-hydrogen) atoms. The zero-order chi connectivity index (χ0) is 20.7. The molecule has 3 N–H and O–H groups in total. The lowest BCUT2D eigenvalue weighted by molar-refractivity contribution is -0.183. The fourth-order valence-electron chi connectivity index (χ4n) is 2.41. The third kappa shape index (κ3) is 8.69. The Morgan fingerprint density at radius 2 is 1.36 bits per heavy atom. The molecule has 160 valence electrons. The molecule has 0 aromatic rings. The summed E-state index contributed by atoms with van der Waals surface area (Å²) < 4.78 is 20.3. The van der Waals surface area contributed by atoms with Gasteiger partial charge in [-0.15, -0.1) is 28.7 Å². The molecule has 0 saturated carbocycles. The predicted octanol–water partition coefficient (Wildman–Crippen LogP) is 0.991. The second-order valence-electron chi connectivity index (χ2n) is 5.55. The predicted molar refractivity (Wildman–Crippen MR) is 108 cm³/mol. The molecule has 5 atom stereocenters. The average Bonchev–Trinajstić information content (AvgIpc) is 2.49. The average molecular weight is 503 g/mol. The molecule has 0 bridgehead atoms. The van der Waals surface area contributed by atoms with Gasteiger partial charge in [-0.25, -0.2) is 0 Å². The summed E-state index contributed by atoms with van der Waals surface area (Å²) in [6, 6.07) is 0. The number of hydrogen-bond acceptors (Lipinski definition) is 11. The summed E-state index contributed by atoms with van der Waals surface area (Å²) in [5.74, 6) is -2.52. The molecule has 0 radical (unpaired) electrons. The quantitative estimate of drug-likeness (QED) is 0.231. The van der Waals surface area contributed by atoms with Gasteiger partial charge in [-0.3, -0.25) is 24.6 Å². The molecule has 0 aromatic heterocycles. The number of nitrogens with one attached hydrogen (secondary N) is 1. The third-order valence-electron chi connectivity index (χ3n) is 3.19. The first-order valence-electron chi connectivity index (χ1n) is 7.82. The maximum absolute atomic E-state index is 11.6. The van der Waals surface area contributed by atoms with Crippen LogP contribution >= 0.6 is 40.5 Å². The van der Waals surface area contributed by atoms with Crippen molar-refractivity contribution in [1.82, 2.24) is 0 Å². The van der Waals surface area contributed by atoms with Crippen LogP contribution in [0.15, 0.2) is 0 Å². The molecule has 0 aromatic carbocycles. The Hall–Kier alpha value is -1.47. The van der Waals surface area contributed by atoms with Crippen molar-refractivity contribution in [3.8, 4) is 0 Å². The van der Waals surface area contributed by atoms with Gasteiger partial charge in [0.15, 0.2) is 23.5 Å². The van der Waals surface area contributed by atoms with Crippen molar-refractivity contribution < 1.29 is 38.1 Å². The number of ether oxygens (including phenoxy) is 4. The summed E-state index contributed by atoms with van der Waals surface area (Å²) in [6.45, 7) is 4.59. The summed E-state index contributed by atoms with van der Waals surface area (Å²) in [5.41, 5.74) is 5.46. The van der Waals surface area contributed by atoms with Crippen LogP contribution < -0.4 is 5.73 Å². The van der Waals surface area contributed by atoms with Crippen LogP contribution in [0, 0.1) is 5.41 Å². The minimum absolute atomic E-state index is 0. The first kappa shape index (κ1) is 26.5. The van der Waals surface area contributed by atoms with Crippen molar-refractivity contribution in [3.05, 3.63) is 0 Å². The number of hydrogen-bond donors (Lipinski definition) is 2. The van der Waals surface area contributed by atoms with Crippen molar-refractivity contribution in [3.63, 3.8) is 0 Å². The molecule has 0 amide bonds. The fraction of sp³-hybridized carbons (Fsp3) is 0.667. The largest absolute Gasteiger partial charge is 0.465 e. The summed E-state index contributed by atoms with van der Waals surface area (Å²) in [5, 5.41) is 6.64. The van der Waals surface area contributed by atoms with E-state index in [1.807, 2.05) is 0 Å². The van der Waals surface area contributed by atoms with Crippen molar-refractivity contribution in [2.24, 2.45) is 5.73 Å². The van der Waals surface area contributed by atoms with Gasteiger partial charge in [-0.2, -0.15) is 0 Å². The third-order valence-corrected chi connectivity index (χ3v) is 5.86. The van der Waals surface area contributed by atoms with Crippen LogP contribution in [0.25, 0.3) is 0 Å². The first-order chi connectivity index (χ1) is 12.5. The Kier molecular flexibility index (Phi) is 11.5. The lowest BCUT2D eigenvalue weighted by Gasteiger charge is -2.43. The second kappa shape index (κ2) is 12.2. The minimum Gasteiger partial charge on any atom is -0.465 e. The molecule has 1 saturated heterocycles. The van der Waals surface area contributed by atoms with Gasteiger partial charge in [0.25, 0.3) is 0 Å². The van der Waals surface area contributed by atoms with Crippen LogP contribution in [-0.2, 0) is 38.1 Å². The molecular weight excluding hydrogens is 480 g/mol. The molecule has 13 heteroatoms. The van der Waals surface area contributed by atoms with Crippen LogP contribution in [0.4, 0.5) is 0 Å². The van der Waals surface area contributed by atoms with E-state index in [4.69, 9.17) is 30.1 Å². The first-order valence-corrected chi connectivity index (χ1v) is 9.64. The maximum Gasteiger partial charge on any atom is 0.303 e. The smallest absolute Gasteiger partial charge is 0.303 e. The number of nitrogens with two attached hydrogens (primary N) is 1. The van der Waals surface area contributed by atoms with Crippen molar-refractivity contribution >= 4 is 69.6 Å². The Bertz CT molecular complexity index is 621. The molecule has 1 aliphatic heterocycles. The van der Waals surface area contributed by atoms with Gasteiger partial charge in [0.2, 0.25) is 0 Å². The Balaban J connectivity index is 0.00000729. The van der Waals surface area contributed by atoms with Crippen LogP contribution in [0.2, 0.25) is 0 Å². The Labute approximate surface area is 181 Å². The molecule has 0 aliphatic carbocycles. The van der Waals surface area contributed by atoms with Crippen molar-refractivity contribution in [2.75, 3.05) is 6.61 Å². The van der Waals surface area contributed by atoms with Gasteiger partial charge >= 0.3 is 23.9 Å². The highest BCUT2D eigenvalue weighted by Crippen LogP contribution is 2.42. The van der Waals surface area contributed by atoms with Gasteiger partial charge < -0.3 is 24.7 Å². The monoisotopic (exact) mass is 502 g/mol. The highest BCUT2D eigenvalue weighted by Gasteiger charge is 2.52. The number of thioether (sulfide) groups is 2. The van der Waals surface area contributed by atoms with Crippen molar-refractivity contribution in [2.45, 2.75) is 55.8 Å². The van der Waals surface area contributed by atoms with Gasteiger partial charge in [-0.1, -0.05) is 11.8 Å². The van der Waals surface area contributed by atoms with E-state index in [2.05, 4.69) is 0 Å². The molecule has 1 rings (SSSR count). The fourth-order valence-corrected chi connectivity index (χ4v) is 5.19. The van der Waals surface area contributed by atoms with E-state index in [0.29, 0.717) is 0 Å². The van der Waals surface area contributed by atoms with Gasteiger partial charge in [0, 0.05) is 27.7 Å². The number of esters is 4. The standard InChI is InChI=1S/C15H22N2O8S2.BrH/c1-6(18)22-5-10-11(23-7(2)19)12(24-8(3)20)13(25-9(4)21)14(26-10)27-15(16)17;/h10-14H,5H2,1-4H3,(H3,16,17);1H/t10-,11+,12-,13+,14+;/m0./s1. The molecule has 1 heterocycles. The zero-order valence-electron chi connectivity index (χ0n) is 15.7. The van der Waals surface area contributed by atoms with E-state index in [1.165, 1.54) is 20.8 Å². The number of carbonyl (C=O) groups is 4. The van der Waals surface area contributed by atoms with E-state index in [0.717, 1.165) is 30.4 Å². The number of carbonyl (C=O) groups excluding carboxylic acids is 4. The highest BCUT2D eigenvalue weighted by molar-refractivity contribution is 8.93. The number of rotatable bonds is 6. The van der Waals surface area contributed by atoms with Crippen LogP contribution in [0.5, 0.6) is 0 Å². The van der Waals surface area contributed by atoms with E-state index >= 15 is 0 Å². The SMILES string of the molecule is Br.CC(=O)OC[C@@H]1S[C@H](SC(=N)N)[C@H](OC(C)=O)[C@@H](OC(C)=O)[C@@H]1OC(C)=O.